The highest BCUT2D eigenvalue weighted by Crippen LogP contribution is 2.12. The number of nitrogens with zero attached hydrogens (tertiary/aromatic N) is 1. The predicted molar refractivity (Wildman–Crippen MR) is 63.8 cm³/mol. The van der Waals surface area contributed by atoms with Crippen LogP contribution in [-0.4, -0.2) is 30.6 Å². The number of likely N-dealkylation sites (N-methyl/N-ethyl adjacent to an activating group) is 1. The molecule has 2 nitrogen and oxygen atoms in total. The van der Waals surface area contributed by atoms with Gasteiger partial charge in [-0.25, -0.2) is 0 Å². The Labute approximate surface area is 92.3 Å². The Bertz CT molecular complexity index is 278. The third kappa shape index (κ3) is 2.80. The lowest BCUT2D eigenvalue weighted by molar-refractivity contribution is 0.210. The SMILES string of the molecule is CCN(Cc1ccccc1)[C@@H]1CCNC1. The molecule has 0 aliphatic carbocycles. The van der Waals surface area contributed by atoms with Crippen LogP contribution in [0.15, 0.2) is 30.3 Å². The van der Waals surface area contributed by atoms with E-state index in [0.29, 0.717) is 0 Å². The summed E-state index contributed by atoms with van der Waals surface area (Å²) >= 11 is 0. The van der Waals surface area contributed by atoms with Crippen LogP contribution in [0.2, 0.25) is 0 Å². The van der Waals surface area contributed by atoms with Crippen molar-refractivity contribution in [2.24, 2.45) is 0 Å². The highest BCUT2D eigenvalue weighted by molar-refractivity contribution is 5.14. The summed E-state index contributed by atoms with van der Waals surface area (Å²) in [5.74, 6) is 0. The number of nitrogens with one attached hydrogen (secondary N) is 1. The van der Waals surface area contributed by atoms with Gasteiger partial charge in [0.1, 0.15) is 0 Å². The zero-order valence-corrected chi connectivity index (χ0v) is 9.45. The highest BCUT2D eigenvalue weighted by Gasteiger charge is 2.20. The Morgan fingerprint density at radius 3 is 2.73 bits per heavy atom. The first kappa shape index (κ1) is 10.7. The van der Waals surface area contributed by atoms with Gasteiger partial charge in [-0.2, -0.15) is 0 Å². The molecule has 0 aromatic heterocycles. The standard InChI is InChI=1S/C13H20N2/c1-2-15(13-8-9-14-10-13)11-12-6-4-3-5-7-12/h3-7,13-14H,2,8-11H2,1H3/t13-/m1/s1. The Hall–Kier alpha value is -0.860. The molecule has 2 rings (SSSR count). The van der Waals surface area contributed by atoms with Crippen LogP contribution < -0.4 is 5.32 Å². The molecule has 1 aliphatic heterocycles. The molecule has 82 valence electrons. The molecule has 15 heavy (non-hydrogen) atoms. The minimum atomic E-state index is 0.732. The summed E-state index contributed by atoms with van der Waals surface area (Å²) in [7, 11) is 0. The van der Waals surface area contributed by atoms with E-state index in [-0.39, 0.29) is 0 Å². The first-order valence-corrected chi connectivity index (χ1v) is 5.89. The molecule has 0 bridgehead atoms. The van der Waals surface area contributed by atoms with Crippen molar-refractivity contribution in [1.82, 2.24) is 10.2 Å². The average molecular weight is 204 g/mol. The third-order valence-corrected chi connectivity index (χ3v) is 3.19. The zero-order chi connectivity index (χ0) is 10.5. The number of hydrogen-bond acceptors (Lipinski definition) is 2. The van der Waals surface area contributed by atoms with E-state index >= 15 is 0 Å². The molecule has 1 aliphatic rings. The number of rotatable bonds is 4. The van der Waals surface area contributed by atoms with Gasteiger partial charge in [0.05, 0.1) is 0 Å². The van der Waals surface area contributed by atoms with Gasteiger partial charge in [-0.15, -0.1) is 0 Å². The van der Waals surface area contributed by atoms with Crippen LogP contribution in [-0.2, 0) is 6.54 Å². The second kappa shape index (κ2) is 5.29. The number of hydrogen-bond donors (Lipinski definition) is 1. The Morgan fingerprint density at radius 1 is 1.33 bits per heavy atom. The Kier molecular flexibility index (Phi) is 3.75. The van der Waals surface area contributed by atoms with E-state index in [9.17, 15) is 0 Å². The van der Waals surface area contributed by atoms with E-state index in [0.717, 1.165) is 25.7 Å². The first-order chi connectivity index (χ1) is 7.40. The zero-order valence-electron chi connectivity index (χ0n) is 9.45. The predicted octanol–water partition coefficient (Wildman–Crippen LogP) is 1.87. The molecule has 0 saturated carbocycles. The molecule has 1 aromatic carbocycles. The fourth-order valence-electron chi connectivity index (χ4n) is 2.27. The van der Waals surface area contributed by atoms with E-state index < -0.39 is 0 Å². The van der Waals surface area contributed by atoms with Crippen LogP contribution in [0.3, 0.4) is 0 Å². The molecule has 1 atom stereocenters. The maximum absolute atomic E-state index is 3.43. The topological polar surface area (TPSA) is 15.3 Å². The maximum Gasteiger partial charge on any atom is 0.0237 e. The summed E-state index contributed by atoms with van der Waals surface area (Å²) in [5.41, 5.74) is 1.42. The third-order valence-electron chi connectivity index (χ3n) is 3.19. The molecule has 2 heteroatoms. The summed E-state index contributed by atoms with van der Waals surface area (Å²) in [6.45, 7) is 6.81. The van der Waals surface area contributed by atoms with Crippen molar-refractivity contribution in [3.63, 3.8) is 0 Å². The molecule has 0 amide bonds. The lowest BCUT2D eigenvalue weighted by Gasteiger charge is -2.26. The summed E-state index contributed by atoms with van der Waals surface area (Å²) in [6.07, 6.45) is 1.29. The van der Waals surface area contributed by atoms with E-state index in [1.807, 2.05) is 0 Å². The monoisotopic (exact) mass is 204 g/mol. The van der Waals surface area contributed by atoms with Crippen molar-refractivity contribution in [3.8, 4) is 0 Å². The fraction of sp³-hybridized carbons (Fsp3) is 0.538. The van der Waals surface area contributed by atoms with Crippen molar-refractivity contribution < 1.29 is 0 Å². The highest BCUT2D eigenvalue weighted by atomic mass is 15.2. The first-order valence-electron chi connectivity index (χ1n) is 5.89. The maximum atomic E-state index is 3.43. The number of benzene rings is 1. The largest absolute Gasteiger partial charge is 0.315 e. The Balaban J connectivity index is 1.96. The van der Waals surface area contributed by atoms with Crippen LogP contribution in [0.25, 0.3) is 0 Å². The molecule has 0 spiro atoms. The normalized spacial score (nSPS) is 21.1. The minimum Gasteiger partial charge on any atom is -0.315 e. The van der Waals surface area contributed by atoms with Crippen LogP contribution in [0.1, 0.15) is 18.9 Å². The summed E-state index contributed by atoms with van der Waals surface area (Å²) < 4.78 is 0. The van der Waals surface area contributed by atoms with E-state index in [1.54, 1.807) is 0 Å². The van der Waals surface area contributed by atoms with Crippen molar-refractivity contribution in [2.75, 3.05) is 19.6 Å². The fourth-order valence-corrected chi connectivity index (χ4v) is 2.27. The molecule has 1 N–H and O–H groups in total. The van der Waals surface area contributed by atoms with Crippen LogP contribution in [0.4, 0.5) is 0 Å². The summed E-state index contributed by atoms with van der Waals surface area (Å²) in [4.78, 5) is 2.56. The van der Waals surface area contributed by atoms with Crippen LogP contribution >= 0.6 is 0 Å². The van der Waals surface area contributed by atoms with Crippen molar-refractivity contribution in [3.05, 3.63) is 35.9 Å². The quantitative estimate of drug-likeness (QED) is 0.805. The van der Waals surface area contributed by atoms with Crippen LogP contribution in [0.5, 0.6) is 0 Å². The summed E-state index contributed by atoms with van der Waals surface area (Å²) in [5, 5.41) is 3.43. The second-order valence-electron chi connectivity index (χ2n) is 4.20. The van der Waals surface area contributed by atoms with Gasteiger partial charge >= 0.3 is 0 Å². The lowest BCUT2D eigenvalue weighted by Crippen LogP contribution is -2.36. The van der Waals surface area contributed by atoms with Crippen LogP contribution in [0, 0.1) is 0 Å². The van der Waals surface area contributed by atoms with Gasteiger partial charge in [-0.3, -0.25) is 4.90 Å². The molecule has 0 radical (unpaired) electrons. The van der Waals surface area contributed by atoms with E-state index in [2.05, 4.69) is 47.5 Å². The van der Waals surface area contributed by atoms with Gasteiger partial charge in [0.2, 0.25) is 0 Å². The van der Waals surface area contributed by atoms with Gasteiger partial charge in [-0.1, -0.05) is 37.3 Å². The van der Waals surface area contributed by atoms with Crippen molar-refractivity contribution in [1.29, 1.82) is 0 Å². The Morgan fingerprint density at radius 2 is 2.13 bits per heavy atom. The molecule has 1 saturated heterocycles. The van der Waals surface area contributed by atoms with E-state index in [1.165, 1.54) is 18.5 Å². The smallest absolute Gasteiger partial charge is 0.0237 e. The molecule has 0 unspecified atom stereocenters. The van der Waals surface area contributed by atoms with Gasteiger partial charge < -0.3 is 5.32 Å². The van der Waals surface area contributed by atoms with Gasteiger partial charge in [0.15, 0.2) is 0 Å². The molecule has 1 aromatic rings. The van der Waals surface area contributed by atoms with Gasteiger partial charge in [0, 0.05) is 19.1 Å². The minimum absolute atomic E-state index is 0.732. The lowest BCUT2D eigenvalue weighted by atomic mass is 10.1. The van der Waals surface area contributed by atoms with Crippen molar-refractivity contribution >= 4 is 0 Å². The molecular weight excluding hydrogens is 184 g/mol. The van der Waals surface area contributed by atoms with Crippen molar-refractivity contribution in [2.45, 2.75) is 25.9 Å². The second-order valence-corrected chi connectivity index (χ2v) is 4.20. The molecular formula is C13H20N2. The van der Waals surface area contributed by atoms with Gasteiger partial charge in [0.25, 0.3) is 0 Å². The molecule has 1 heterocycles. The average Bonchev–Trinajstić information content (AvgIpc) is 2.81. The molecule has 1 fully saturated rings. The van der Waals surface area contributed by atoms with Gasteiger partial charge in [-0.05, 0) is 25.1 Å². The summed E-state index contributed by atoms with van der Waals surface area (Å²) in [6, 6.07) is 11.5. The van der Waals surface area contributed by atoms with E-state index in [4.69, 9.17) is 0 Å².